The van der Waals surface area contributed by atoms with Crippen molar-refractivity contribution >= 4 is 12.3 Å². The van der Waals surface area contributed by atoms with Gasteiger partial charge in [0.1, 0.15) is 12.7 Å². The van der Waals surface area contributed by atoms with Crippen molar-refractivity contribution in [3.05, 3.63) is 0 Å². The van der Waals surface area contributed by atoms with E-state index in [1.54, 1.807) is 0 Å². The van der Waals surface area contributed by atoms with E-state index in [-0.39, 0.29) is 6.29 Å². The Morgan fingerprint density at radius 3 is 2.17 bits per heavy atom. The fourth-order valence-corrected chi connectivity index (χ4v) is 0.0680. The highest BCUT2D eigenvalue weighted by atomic mass is 16.4. The van der Waals surface area contributed by atoms with Gasteiger partial charge in [-0.2, -0.15) is 0 Å². The second-order valence-electron chi connectivity index (χ2n) is 0.743. The Kier molecular flexibility index (Phi) is 2.04. The predicted octanol–water partition coefficient (Wildman–Crippen LogP) is -0.468. The van der Waals surface area contributed by atoms with Gasteiger partial charge in [-0.15, -0.1) is 0 Å². The van der Waals surface area contributed by atoms with Crippen molar-refractivity contribution in [1.29, 1.82) is 0 Å². The first-order valence-electron chi connectivity index (χ1n) is 1.41. The molecule has 0 unspecified atom stereocenters. The molecule has 1 radical (unpaired) electrons. The summed E-state index contributed by atoms with van der Waals surface area (Å²) in [5.41, 5.74) is 0. The lowest BCUT2D eigenvalue weighted by molar-refractivity contribution is -0.143. The molecule has 0 aliphatic carbocycles. The fraction of sp³-hybridized carbons (Fsp3) is 0.333. The van der Waals surface area contributed by atoms with Crippen LogP contribution in [0.15, 0.2) is 0 Å². The molecule has 0 atom stereocenters. The third-order valence-electron chi connectivity index (χ3n) is 0.250. The van der Waals surface area contributed by atoms with Crippen LogP contribution in [0.2, 0.25) is 0 Å². The van der Waals surface area contributed by atoms with Crippen molar-refractivity contribution in [3.63, 3.8) is 0 Å². The van der Waals surface area contributed by atoms with Crippen LogP contribution in [0.25, 0.3) is 0 Å². The maximum absolute atomic E-state index is 9.26. The van der Waals surface area contributed by atoms with Gasteiger partial charge in [0.2, 0.25) is 0 Å². The predicted molar refractivity (Wildman–Crippen MR) is 16.4 cm³/mol. The first-order valence-corrected chi connectivity index (χ1v) is 1.41. The molecule has 0 fully saturated rings. The fourth-order valence-electron chi connectivity index (χ4n) is 0.0680. The molecule has 33 valence electrons. The third-order valence-corrected chi connectivity index (χ3v) is 0.250. The van der Waals surface area contributed by atoms with Gasteiger partial charge in [-0.3, -0.25) is 0 Å². The molecule has 0 amide bonds. The van der Waals surface area contributed by atoms with Crippen molar-refractivity contribution in [2.75, 3.05) is 0 Å². The summed E-state index contributed by atoms with van der Waals surface area (Å²) in [6.07, 6.45) is -0.213. The monoisotopic (exact) mass is 87.0 g/mol. The van der Waals surface area contributed by atoms with E-state index in [4.69, 9.17) is 0 Å². The molecule has 0 spiro atoms. The molecule has 3 nitrogen and oxygen atoms in total. The average Bonchev–Trinajstić information content (AvgIpc) is 1.35. The topological polar surface area (TPSA) is 54.0 Å². The lowest BCUT2D eigenvalue weighted by Gasteiger charge is -1.65. The molecule has 0 aliphatic rings. The zero-order chi connectivity index (χ0) is 4.99. The number of carbonyl (C=O) groups excluding carboxylic acids is 2. The van der Waals surface area contributed by atoms with Crippen LogP contribution in [0.1, 0.15) is 6.42 Å². The molecular formula is C3H3O3. The Balaban J connectivity index is 3.05. The maximum Gasteiger partial charge on any atom is 0.362 e. The minimum Gasteiger partial charge on any atom is -0.303 e. The zero-order valence-electron chi connectivity index (χ0n) is 3.01. The first kappa shape index (κ1) is 5.14. The normalized spacial score (nSPS) is 7.33. The van der Waals surface area contributed by atoms with Crippen molar-refractivity contribution in [1.82, 2.24) is 0 Å². The van der Waals surface area contributed by atoms with Gasteiger partial charge >= 0.3 is 5.97 Å². The molecule has 0 heterocycles. The van der Waals surface area contributed by atoms with Gasteiger partial charge in [0.25, 0.3) is 0 Å². The minimum absolute atomic E-state index is 0.287. The summed E-state index contributed by atoms with van der Waals surface area (Å²) < 4.78 is 0. The van der Waals surface area contributed by atoms with Gasteiger partial charge in [-0.25, -0.2) is 9.90 Å². The summed E-state index contributed by atoms with van der Waals surface area (Å²) in [5.74, 6) is -1.33. The Morgan fingerprint density at radius 2 is 2.17 bits per heavy atom. The van der Waals surface area contributed by atoms with E-state index in [1.807, 2.05) is 0 Å². The Hall–Kier alpha value is -0.860. The number of hydrogen-bond acceptors (Lipinski definition) is 2. The van der Waals surface area contributed by atoms with E-state index in [9.17, 15) is 14.7 Å². The summed E-state index contributed by atoms with van der Waals surface area (Å²) in [5, 5.41) is 9.26. The Labute approximate surface area is 34.6 Å². The average molecular weight is 87.1 g/mol. The molecule has 0 bridgehead atoms. The summed E-state index contributed by atoms with van der Waals surface area (Å²) in [6, 6.07) is 0. The SMILES string of the molecule is [O]C(=O)CC=O. The number of hydrogen-bond donors (Lipinski definition) is 0. The van der Waals surface area contributed by atoms with Crippen LogP contribution in [-0.2, 0) is 14.7 Å². The number of rotatable bonds is 2. The van der Waals surface area contributed by atoms with Crippen LogP contribution >= 0.6 is 0 Å². The van der Waals surface area contributed by atoms with Crippen LogP contribution in [0.3, 0.4) is 0 Å². The van der Waals surface area contributed by atoms with Gasteiger partial charge in [0.05, 0.1) is 0 Å². The van der Waals surface area contributed by atoms with Crippen LogP contribution in [0, 0.1) is 0 Å². The lowest BCUT2D eigenvalue weighted by atomic mass is 10.5. The van der Waals surface area contributed by atoms with Crippen LogP contribution in [0.5, 0.6) is 0 Å². The molecule has 0 aromatic heterocycles. The highest BCUT2D eigenvalue weighted by Gasteiger charge is 1.92. The van der Waals surface area contributed by atoms with Crippen molar-refractivity contribution < 1.29 is 14.7 Å². The maximum atomic E-state index is 9.26. The number of aldehydes is 1. The lowest BCUT2D eigenvalue weighted by Crippen LogP contribution is -1.90. The largest absolute Gasteiger partial charge is 0.362 e. The third kappa shape index (κ3) is 3.14. The molecule has 0 aliphatic heterocycles. The number of carbonyl (C=O) groups is 2. The Morgan fingerprint density at radius 1 is 1.67 bits per heavy atom. The second-order valence-corrected chi connectivity index (χ2v) is 0.743. The van der Waals surface area contributed by atoms with Crippen LogP contribution in [0.4, 0.5) is 0 Å². The zero-order valence-corrected chi connectivity index (χ0v) is 3.01. The van der Waals surface area contributed by atoms with Gasteiger partial charge in [0, 0.05) is 0 Å². The summed E-state index contributed by atoms with van der Waals surface area (Å²) in [7, 11) is 0. The van der Waals surface area contributed by atoms with E-state index >= 15 is 0 Å². The molecule has 0 N–H and O–H groups in total. The van der Waals surface area contributed by atoms with Crippen LogP contribution in [-0.4, -0.2) is 12.3 Å². The van der Waals surface area contributed by atoms with E-state index in [0.29, 0.717) is 0 Å². The standard InChI is InChI=1S/C3H3O3/c4-2-1-3(5)6/h2H,1H2. The molecular weight excluding hydrogens is 84.0 g/mol. The minimum atomic E-state index is -1.33. The van der Waals surface area contributed by atoms with E-state index in [0.717, 1.165) is 0 Å². The molecule has 0 saturated heterocycles. The second kappa shape index (κ2) is 2.38. The van der Waals surface area contributed by atoms with E-state index < -0.39 is 12.4 Å². The van der Waals surface area contributed by atoms with Gasteiger partial charge in [0.15, 0.2) is 0 Å². The van der Waals surface area contributed by atoms with Gasteiger partial charge < -0.3 is 4.79 Å². The van der Waals surface area contributed by atoms with Crippen molar-refractivity contribution in [2.45, 2.75) is 6.42 Å². The quantitative estimate of drug-likeness (QED) is 0.337. The molecule has 0 aromatic carbocycles. The molecule has 0 saturated carbocycles. The van der Waals surface area contributed by atoms with Crippen LogP contribution < -0.4 is 0 Å². The molecule has 0 aromatic rings. The highest BCUT2D eigenvalue weighted by Crippen LogP contribution is 1.66. The van der Waals surface area contributed by atoms with Gasteiger partial charge in [-0.05, 0) is 0 Å². The molecule has 0 rings (SSSR count). The molecule has 6 heavy (non-hydrogen) atoms. The highest BCUT2D eigenvalue weighted by molar-refractivity contribution is 5.81. The smallest absolute Gasteiger partial charge is 0.303 e. The summed E-state index contributed by atoms with van der Waals surface area (Å²) in [4.78, 5) is 18.5. The summed E-state index contributed by atoms with van der Waals surface area (Å²) in [6.45, 7) is 0. The molecule has 3 heteroatoms. The summed E-state index contributed by atoms with van der Waals surface area (Å²) >= 11 is 0. The Bertz CT molecular complexity index is 66.4. The van der Waals surface area contributed by atoms with Crippen molar-refractivity contribution in [2.24, 2.45) is 0 Å². The van der Waals surface area contributed by atoms with Crippen molar-refractivity contribution in [3.8, 4) is 0 Å². The first-order chi connectivity index (χ1) is 2.77. The van der Waals surface area contributed by atoms with E-state index in [2.05, 4.69) is 0 Å². The van der Waals surface area contributed by atoms with Gasteiger partial charge in [-0.1, -0.05) is 0 Å². The van der Waals surface area contributed by atoms with E-state index in [1.165, 1.54) is 0 Å².